The highest BCUT2D eigenvalue weighted by Gasteiger charge is 2.21. The van der Waals surface area contributed by atoms with Crippen LogP contribution < -0.4 is 16.2 Å². The van der Waals surface area contributed by atoms with Gasteiger partial charge in [-0.15, -0.1) is 22.7 Å². The Morgan fingerprint density at radius 1 is 1.08 bits per heavy atom. The molecule has 0 atom stereocenters. The number of hydrogen-bond donors (Lipinski definition) is 3. The molecular formula is C26H25N5O3S2. The predicted molar refractivity (Wildman–Crippen MR) is 143 cm³/mol. The molecule has 3 aromatic heterocycles. The van der Waals surface area contributed by atoms with Gasteiger partial charge in [0.2, 0.25) is 11.8 Å². The van der Waals surface area contributed by atoms with Gasteiger partial charge in [0.05, 0.1) is 11.1 Å². The van der Waals surface area contributed by atoms with E-state index in [-0.39, 0.29) is 23.8 Å². The first-order valence-corrected chi connectivity index (χ1v) is 13.8. The van der Waals surface area contributed by atoms with Gasteiger partial charge in [-0.2, -0.15) is 0 Å². The van der Waals surface area contributed by atoms with E-state index in [2.05, 4.69) is 31.7 Å². The van der Waals surface area contributed by atoms with Gasteiger partial charge in [-0.25, -0.2) is 9.97 Å². The largest absolute Gasteiger partial charge is 0.326 e. The average molecular weight is 520 g/mol. The zero-order valence-electron chi connectivity index (χ0n) is 19.8. The second-order valence-corrected chi connectivity index (χ2v) is 11.6. The molecule has 1 aliphatic heterocycles. The number of carbonyl (C=O) groups excluding carboxylic acids is 2. The number of H-pyrrole nitrogens is 1. The van der Waals surface area contributed by atoms with Crippen LogP contribution in [0, 0.1) is 6.92 Å². The van der Waals surface area contributed by atoms with Crippen LogP contribution in [-0.2, 0) is 35.3 Å². The highest BCUT2D eigenvalue weighted by atomic mass is 32.1. The van der Waals surface area contributed by atoms with Crippen molar-refractivity contribution < 1.29 is 9.59 Å². The first-order valence-electron chi connectivity index (χ1n) is 12.2. The molecule has 2 amide bonds. The van der Waals surface area contributed by atoms with Gasteiger partial charge in [-0.1, -0.05) is 6.07 Å². The van der Waals surface area contributed by atoms with Crippen molar-refractivity contribution in [2.75, 3.05) is 10.6 Å². The van der Waals surface area contributed by atoms with E-state index in [0.717, 1.165) is 68.8 Å². The molecule has 0 spiro atoms. The van der Waals surface area contributed by atoms with Gasteiger partial charge in [0.1, 0.15) is 10.7 Å². The fourth-order valence-corrected chi connectivity index (χ4v) is 7.12. The van der Waals surface area contributed by atoms with Gasteiger partial charge < -0.3 is 15.6 Å². The molecule has 1 aliphatic carbocycles. The summed E-state index contributed by atoms with van der Waals surface area (Å²) in [6.45, 7) is 1.98. The van der Waals surface area contributed by atoms with E-state index in [1.165, 1.54) is 16.2 Å². The number of aromatic amines is 1. The Morgan fingerprint density at radius 2 is 1.94 bits per heavy atom. The zero-order valence-corrected chi connectivity index (χ0v) is 21.5. The minimum Gasteiger partial charge on any atom is -0.326 e. The summed E-state index contributed by atoms with van der Waals surface area (Å²) in [5.74, 6) is 0.411. The third-order valence-electron chi connectivity index (χ3n) is 6.78. The molecule has 10 heteroatoms. The number of nitrogens with one attached hydrogen (secondary N) is 3. The van der Waals surface area contributed by atoms with Crippen molar-refractivity contribution in [2.45, 2.75) is 58.3 Å². The molecule has 0 fully saturated rings. The van der Waals surface area contributed by atoms with Crippen LogP contribution in [0.15, 0.2) is 23.0 Å². The molecule has 1 aromatic carbocycles. The number of thiophene rings is 1. The lowest BCUT2D eigenvalue weighted by Gasteiger charge is -2.17. The van der Waals surface area contributed by atoms with E-state index in [0.29, 0.717) is 30.2 Å². The number of carbonyl (C=O) groups is 2. The number of anilines is 2. The van der Waals surface area contributed by atoms with Gasteiger partial charge in [-0.05, 0) is 62.3 Å². The number of fused-ring (bicyclic) bond motifs is 4. The van der Waals surface area contributed by atoms with E-state index < -0.39 is 0 Å². The maximum atomic E-state index is 12.7. The van der Waals surface area contributed by atoms with Crippen molar-refractivity contribution in [2.24, 2.45) is 0 Å². The third kappa shape index (κ3) is 4.35. The first-order chi connectivity index (χ1) is 17.4. The summed E-state index contributed by atoms with van der Waals surface area (Å²) in [5.41, 5.74) is 4.80. The van der Waals surface area contributed by atoms with Crippen molar-refractivity contribution in [1.82, 2.24) is 15.0 Å². The minimum absolute atomic E-state index is 0.0405. The number of nitrogens with zero attached hydrogens (tertiary/aromatic N) is 2. The molecule has 0 saturated carbocycles. The predicted octanol–water partition coefficient (Wildman–Crippen LogP) is 4.75. The molecule has 2 aliphatic rings. The number of benzene rings is 1. The molecular weight excluding hydrogens is 494 g/mol. The van der Waals surface area contributed by atoms with Crippen molar-refractivity contribution in [3.63, 3.8) is 0 Å². The molecule has 0 radical (unpaired) electrons. The lowest BCUT2D eigenvalue weighted by molar-refractivity contribution is -0.117. The standard InChI is InChI=1S/C26H25N5O3S2/c1-13-23(15-6-8-17-14(12-15)7-10-20(32)27-17)31-26(35-13)30-21(33)11-9-19-28-24(34)22-16-4-2-3-5-18(16)36-25(22)29-19/h6,8,12H,2-5,7,9-11H2,1H3,(H,27,32)(H,28,29,34)(H,30,31,33). The van der Waals surface area contributed by atoms with Crippen molar-refractivity contribution in [3.05, 3.63) is 55.3 Å². The highest BCUT2D eigenvalue weighted by molar-refractivity contribution is 7.18. The van der Waals surface area contributed by atoms with Crippen molar-refractivity contribution in [3.8, 4) is 11.3 Å². The summed E-state index contributed by atoms with van der Waals surface area (Å²) >= 11 is 3.05. The SMILES string of the molecule is Cc1sc(NC(=O)CCc2nc3sc4c(c3c(=O)[nH]2)CCCC4)nc1-c1ccc2c(c1)CCC(=O)N2. The summed E-state index contributed by atoms with van der Waals surface area (Å²) in [6, 6.07) is 5.91. The maximum Gasteiger partial charge on any atom is 0.259 e. The molecule has 36 heavy (non-hydrogen) atoms. The van der Waals surface area contributed by atoms with Crippen LogP contribution in [0.5, 0.6) is 0 Å². The highest BCUT2D eigenvalue weighted by Crippen LogP contribution is 2.35. The molecule has 8 nitrogen and oxygen atoms in total. The van der Waals surface area contributed by atoms with Crippen LogP contribution >= 0.6 is 22.7 Å². The molecule has 6 rings (SSSR count). The Kier molecular flexibility index (Phi) is 5.93. The van der Waals surface area contributed by atoms with E-state index in [4.69, 9.17) is 0 Å². The number of aryl methyl sites for hydroxylation is 5. The summed E-state index contributed by atoms with van der Waals surface area (Å²) in [4.78, 5) is 52.3. The van der Waals surface area contributed by atoms with Crippen molar-refractivity contribution >= 4 is 55.5 Å². The van der Waals surface area contributed by atoms with Crippen LogP contribution in [-0.4, -0.2) is 26.8 Å². The number of rotatable bonds is 5. The fraction of sp³-hybridized carbons (Fsp3) is 0.346. The summed E-state index contributed by atoms with van der Waals surface area (Å²) in [5, 5.41) is 7.07. The van der Waals surface area contributed by atoms with E-state index in [1.54, 1.807) is 11.3 Å². The Hall–Kier alpha value is -3.37. The molecule has 0 unspecified atom stereocenters. The van der Waals surface area contributed by atoms with Gasteiger partial charge in [0, 0.05) is 40.3 Å². The molecule has 184 valence electrons. The van der Waals surface area contributed by atoms with Gasteiger partial charge in [0.25, 0.3) is 5.56 Å². The number of hydrogen-bond acceptors (Lipinski definition) is 7. The molecule has 4 aromatic rings. The molecule has 0 bridgehead atoms. The zero-order chi connectivity index (χ0) is 24.8. The third-order valence-corrected chi connectivity index (χ3v) is 8.85. The lowest BCUT2D eigenvalue weighted by atomic mass is 9.97. The molecule has 0 saturated heterocycles. The topological polar surface area (TPSA) is 117 Å². The number of thiazole rings is 1. The Morgan fingerprint density at radius 3 is 2.83 bits per heavy atom. The van der Waals surface area contributed by atoms with Crippen molar-refractivity contribution in [1.29, 1.82) is 0 Å². The summed E-state index contributed by atoms with van der Waals surface area (Å²) < 4.78 is 0. The smallest absolute Gasteiger partial charge is 0.259 e. The first kappa shape index (κ1) is 23.1. The van der Waals surface area contributed by atoms with Crippen LogP contribution in [0.25, 0.3) is 21.5 Å². The Bertz CT molecular complexity index is 1580. The van der Waals surface area contributed by atoms with E-state index in [1.807, 2.05) is 19.1 Å². The molecule has 3 N–H and O–H groups in total. The van der Waals surface area contributed by atoms with Crippen LogP contribution in [0.4, 0.5) is 10.8 Å². The van der Waals surface area contributed by atoms with Gasteiger partial charge >= 0.3 is 0 Å². The monoisotopic (exact) mass is 519 g/mol. The van der Waals surface area contributed by atoms with Crippen LogP contribution in [0.2, 0.25) is 0 Å². The normalized spacial score (nSPS) is 14.9. The average Bonchev–Trinajstić information content (AvgIpc) is 3.42. The van der Waals surface area contributed by atoms with Crippen LogP contribution in [0.3, 0.4) is 0 Å². The van der Waals surface area contributed by atoms with E-state index in [9.17, 15) is 14.4 Å². The van der Waals surface area contributed by atoms with E-state index >= 15 is 0 Å². The summed E-state index contributed by atoms with van der Waals surface area (Å²) in [7, 11) is 0. The summed E-state index contributed by atoms with van der Waals surface area (Å²) in [6.07, 6.45) is 5.98. The fourth-order valence-electron chi connectivity index (χ4n) is 4.99. The van der Waals surface area contributed by atoms with Gasteiger partial charge in [-0.3, -0.25) is 14.4 Å². The quantitative estimate of drug-likeness (QED) is 0.352. The Balaban J connectivity index is 1.14. The molecule has 4 heterocycles. The van der Waals surface area contributed by atoms with Gasteiger partial charge in [0.15, 0.2) is 5.13 Å². The number of amides is 2. The second-order valence-electron chi connectivity index (χ2n) is 9.30. The Labute approximate surface area is 215 Å². The second kappa shape index (κ2) is 9.25. The lowest BCUT2D eigenvalue weighted by Crippen LogP contribution is -2.18. The maximum absolute atomic E-state index is 12.7. The van der Waals surface area contributed by atoms with Crippen LogP contribution in [0.1, 0.15) is 52.4 Å². The minimum atomic E-state index is -0.170. The number of aromatic nitrogens is 3.